The van der Waals surface area contributed by atoms with E-state index in [0.717, 1.165) is 53.8 Å². The van der Waals surface area contributed by atoms with Gasteiger partial charge < -0.3 is 82.6 Å². The molecule has 0 radical (unpaired) electrons. The molecule has 0 saturated carbocycles. The van der Waals surface area contributed by atoms with Crippen molar-refractivity contribution in [2.75, 3.05) is 32.8 Å². The molecule has 20 heteroatoms. The molecule has 2 aromatic rings. The number of nitrogens with one attached hydrogen (secondary N) is 1. The molecule has 348 valence electrons. The Morgan fingerprint density at radius 1 is 0.873 bits per heavy atom. The van der Waals surface area contributed by atoms with Gasteiger partial charge in [-0.2, -0.15) is 0 Å². The van der Waals surface area contributed by atoms with Crippen molar-refractivity contribution in [3.63, 3.8) is 0 Å². The summed E-state index contributed by atoms with van der Waals surface area (Å²) in [5, 5.41) is 59.2. The van der Waals surface area contributed by atoms with Crippen molar-refractivity contribution >= 4 is 23.9 Å². The van der Waals surface area contributed by atoms with Crippen molar-refractivity contribution in [2.45, 2.75) is 113 Å². The zero-order chi connectivity index (χ0) is 45.3. The van der Waals surface area contributed by atoms with Gasteiger partial charge in [-0.05, 0) is 73.8 Å². The quantitative estimate of drug-likeness (QED) is 0.0188. The second-order valence-corrected chi connectivity index (χ2v) is 15.2. The van der Waals surface area contributed by atoms with Crippen LogP contribution in [0, 0.1) is 37.5 Å². The van der Waals surface area contributed by atoms with E-state index in [1.54, 1.807) is 18.2 Å². The molecule has 11 atom stereocenters. The number of hydrogen-bond donors (Lipinski definition) is 11. The smallest absolute Gasteiger partial charge is 0.243 e. The Morgan fingerprint density at radius 2 is 1.51 bits per heavy atom. The predicted octanol–water partition coefficient (Wildman–Crippen LogP) is -0.0407. The summed E-state index contributed by atoms with van der Waals surface area (Å²) in [7, 11) is 0. The Bertz CT molecular complexity index is 1810. The summed E-state index contributed by atoms with van der Waals surface area (Å²) in [5.41, 5.74) is 24.5. The molecule has 15 N–H and O–H groups in total. The van der Waals surface area contributed by atoms with Crippen LogP contribution in [-0.2, 0) is 19.0 Å². The first-order valence-electron chi connectivity index (χ1n) is 20.7. The molecule has 4 aliphatic rings. The number of amides is 1. The van der Waals surface area contributed by atoms with Crippen molar-refractivity contribution in [3.8, 4) is 11.5 Å². The van der Waals surface area contributed by atoms with Crippen LogP contribution in [0.25, 0.3) is 6.08 Å². The molecular weight excluding hydrogens is 1040 g/mol. The van der Waals surface area contributed by atoms with Gasteiger partial charge in [0.15, 0.2) is 18.2 Å². The molecule has 11 unspecified atom stereocenters. The van der Waals surface area contributed by atoms with Crippen molar-refractivity contribution in [1.29, 1.82) is 0 Å². The Kier molecular flexibility index (Phi) is 22.8. The maximum absolute atomic E-state index is 12.3. The van der Waals surface area contributed by atoms with Crippen LogP contribution in [0.4, 0.5) is 0 Å². The molecule has 3 fully saturated rings. The third-order valence-electron chi connectivity index (χ3n) is 10.2. The number of fused-ring (bicyclic) bond motifs is 2. The number of rotatable bonds is 17. The summed E-state index contributed by atoms with van der Waals surface area (Å²) in [4.78, 5) is 20.0. The molecule has 6 rings (SSSR count). The number of guanidine groups is 2. The first-order chi connectivity index (χ1) is 29.7. The van der Waals surface area contributed by atoms with Crippen LogP contribution in [0.3, 0.4) is 0 Å². The molecule has 1 amide bonds. The van der Waals surface area contributed by atoms with Gasteiger partial charge in [0, 0.05) is 68.3 Å². The standard InChI is InChI=1S/C31H39N4O7.C6H15N3.C6H10O5.U/c1-18(2)28-22-15-19(6-12-26(38)34-13-3-4-14-35-31(32)33)5-11-24(22)42-30(28)20-7-9-21(10-8-20)40-27-16-23(37)29(39)25(17-36)41-27;1-2-3-4-5-9-6(7)8;7-1-2-3(8)4(9)5-6(10-2)11-5;/h5-12,15-16,23,25,27-30,36-37,39H,1,3-4,13-14,17H2,2H3,(H,34,38)(H4,32,33,35);2-5H2,1H3,(H4,7,8,9);2-9H,1H2;/q-1;;;. The molecule has 0 aromatic heterocycles. The van der Waals surface area contributed by atoms with E-state index in [4.69, 9.17) is 51.7 Å². The van der Waals surface area contributed by atoms with Gasteiger partial charge in [0.05, 0.1) is 25.6 Å². The monoisotopic (exact) mass is 1110 g/mol. The fraction of sp³-hybridized carbons (Fsp3) is 0.535. The zero-order valence-electron chi connectivity index (χ0n) is 35.7. The topological polar surface area (TPSA) is 329 Å². The first-order valence-corrected chi connectivity index (χ1v) is 20.7. The fourth-order valence-corrected chi connectivity index (χ4v) is 6.79. The molecule has 63 heavy (non-hydrogen) atoms. The molecular formula is C43H64N7O12U-. The molecule has 0 bridgehead atoms. The third kappa shape index (κ3) is 16.6. The Labute approximate surface area is 391 Å². The van der Waals surface area contributed by atoms with Gasteiger partial charge in [0.1, 0.15) is 48.1 Å². The van der Waals surface area contributed by atoms with Crippen LogP contribution in [-0.4, -0.2) is 137 Å². The summed E-state index contributed by atoms with van der Waals surface area (Å²) in [6.07, 6.45) is 1.60. The largest absolute Gasteiger partial charge is 0.496 e. The number of nitrogens with two attached hydrogens (primary N) is 4. The van der Waals surface area contributed by atoms with E-state index >= 15 is 0 Å². The second kappa shape index (κ2) is 26.9. The maximum atomic E-state index is 12.3. The number of epoxide rings is 1. The average molecular weight is 1110 g/mol. The van der Waals surface area contributed by atoms with E-state index in [1.807, 2.05) is 37.3 Å². The summed E-state index contributed by atoms with van der Waals surface area (Å²) in [6.45, 7) is 9.41. The van der Waals surface area contributed by atoms with Crippen LogP contribution in [0.15, 0.2) is 70.7 Å². The summed E-state index contributed by atoms with van der Waals surface area (Å²) in [6, 6.07) is 13.1. The number of ether oxygens (including phenoxy) is 5. The summed E-state index contributed by atoms with van der Waals surface area (Å²) in [5.74, 6) is 1.23. The van der Waals surface area contributed by atoms with Gasteiger partial charge in [-0.1, -0.05) is 50.1 Å². The number of aliphatic hydroxyl groups is 6. The van der Waals surface area contributed by atoms with Crippen LogP contribution in [0.5, 0.6) is 11.5 Å². The van der Waals surface area contributed by atoms with Gasteiger partial charge in [-0.25, -0.2) is 6.42 Å². The summed E-state index contributed by atoms with van der Waals surface area (Å²) < 4.78 is 27.5. The number of aliphatic hydroxyl groups excluding tert-OH is 6. The van der Waals surface area contributed by atoms with Gasteiger partial charge in [-0.15, -0.1) is 0 Å². The third-order valence-corrected chi connectivity index (χ3v) is 10.2. The van der Waals surface area contributed by atoms with Crippen LogP contribution >= 0.6 is 0 Å². The van der Waals surface area contributed by atoms with Crippen LogP contribution in [0.1, 0.15) is 74.7 Å². The SMILES string of the molecule is C=C(C)C1c2cc(C=CC(=O)NCCCCN=C(N)N)ccc2OC1c1ccc(OC2[CH-]C(O)C(O)C(CO)O2)cc1.CCCCCN=C(N)N.OCC1OC2OC2C(O)C1O.[U]. The predicted molar refractivity (Wildman–Crippen MR) is 231 cm³/mol. The zero-order valence-corrected chi connectivity index (χ0v) is 39.9. The first kappa shape index (κ1) is 53.6. The van der Waals surface area contributed by atoms with Gasteiger partial charge >= 0.3 is 0 Å². The summed E-state index contributed by atoms with van der Waals surface area (Å²) >= 11 is 0. The number of benzene rings is 2. The number of unbranched alkanes of at least 4 members (excludes halogenated alkanes) is 3. The van der Waals surface area contributed by atoms with E-state index in [9.17, 15) is 30.3 Å². The van der Waals surface area contributed by atoms with E-state index in [-0.39, 0.29) is 67.6 Å². The van der Waals surface area contributed by atoms with E-state index in [2.05, 4.69) is 28.8 Å². The van der Waals surface area contributed by atoms with E-state index in [0.29, 0.717) is 18.8 Å². The van der Waals surface area contributed by atoms with Gasteiger partial charge in [0.25, 0.3) is 0 Å². The fourth-order valence-electron chi connectivity index (χ4n) is 6.79. The molecule has 2 aromatic carbocycles. The number of hydrogen-bond acceptors (Lipinski definition) is 14. The maximum Gasteiger partial charge on any atom is 0.243 e. The second-order valence-electron chi connectivity index (χ2n) is 15.2. The van der Waals surface area contributed by atoms with Crippen molar-refractivity contribution in [1.82, 2.24) is 5.32 Å². The molecule has 4 heterocycles. The molecule has 0 spiro atoms. The van der Waals surface area contributed by atoms with Gasteiger partial charge in [0.2, 0.25) is 5.91 Å². The molecule has 4 aliphatic heterocycles. The van der Waals surface area contributed by atoms with Crippen LogP contribution < -0.4 is 37.7 Å². The average Bonchev–Trinajstić information content (AvgIpc) is 3.93. The van der Waals surface area contributed by atoms with Crippen LogP contribution in [0.2, 0.25) is 0 Å². The minimum Gasteiger partial charge on any atom is -0.496 e. The Morgan fingerprint density at radius 3 is 2.11 bits per heavy atom. The Balaban J connectivity index is 0.000000410. The number of carbonyl (C=O) groups is 1. The molecule has 0 aliphatic carbocycles. The minimum atomic E-state index is -1.22. The van der Waals surface area contributed by atoms with Crippen molar-refractivity contribution in [2.24, 2.45) is 32.9 Å². The van der Waals surface area contributed by atoms with Crippen molar-refractivity contribution in [3.05, 3.63) is 83.8 Å². The molecule has 3 saturated heterocycles. The van der Waals surface area contributed by atoms with Crippen molar-refractivity contribution < 1.29 is 90.2 Å². The molecule has 19 nitrogen and oxygen atoms in total. The number of nitrogens with zero attached hydrogens (tertiary/aromatic N) is 2. The Hall–Kier alpha value is -3.78. The number of aliphatic imine (C=N–C) groups is 2. The van der Waals surface area contributed by atoms with Gasteiger partial charge in [-0.3, -0.25) is 14.8 Å². The van der Waals surface area contributed by atoms with E-state index < -0.39 is 61.9 Å². The number of carbonyl (C=O) groups excluding carboxylic acids is 1. The minimum absolute atomic E-state index is 0. The van der Waals surface area contributed by atoms with E-state index in [1.165, 1.54) is 25.3 Å². The normalized spacial score (nSPS) is 27.6.